The van der Waals surface area contributed by atoms with Gasteiger partial charge in [-0.1, -0.05) is 130 Å². The minimum Gasteiger partial charge on any atom is -0.0654 e. The summed E-state index contributed by atoms with van der Waals surface area (Å²) < 4.78 is 0. The molecule has 140 valence electrons. The van der Waals surface area contributed by atoms with E-state index in [4.69, 9.17) is 0 Å². The first kappa shape index (κ1) is 23.0. The Kier molecular flexibility index (Phi) is 18.3. The molecule has 0 saturated carbocycles. The number of hydrogen-bond donors (Lipinski definition) is 0. The molecule has 0 aliphatic heterocycles. The highest BCUT2D eigenvalue weighted by atomic mass is 14.2. The van der Waals surface area contributed by atoms with Crippen LogP contribution in [0, 0.1) is 11.8 Å². The topological polar surface area (TPSA) is 0 Å². The van der Waals surface area contributed by atoms with Crippen LogP contribution < -0.4 is 0 Å². The molecule has 0 heterocycles. The van der Waals surface area contributed by atoms with Crippen molar-refractivity contribution in [3.63, 3.8) is 0 Å². The van der Waals surface area contributed by atoms with Gasteiger partial charge in [-0.3, -0.25) is 0 Å². The average Bonchev–Trinajstić information content (AvgIpc) is 2.57. The third-order valence-electron chi connectivity index (χ3n) is 5.64. The van der Waals surface area contributed by atoms with Gasteiger partial charge < -0.3 is 0 Å². The zero-order valence-electron chi connectivity index (χ0n) is 17.2. The molecular weight excluding hydrogens is 276 g/mol. The lowest BCUT2D eigenvalue weighted by Gasteiger charge is -2.23. The Bertz CT molecular complexity index is 208. The van der Waals surface area contributed by atoms with E-state index in [9.17, 15) is 0 Å². The molecule has 0 heteroatoms. The largest absolute Gasteiger partial charge is 0.0654 e. The Morgan fingerprint density at radius 3 is 1.35 bits per heavy atom. The maximum Gasteiger partial charge on any atom is -0.0412 e. The van der Waals surface area contributed by atoms with Crippen molar-refractivity contribution in [1.82, 2.24) is 0 Å². The molecule has 0 aromatic carbocycles. The zero-order valence-corrected chi connectivity index (χ0v) is 17.2. The fourth-order valence-corrected chi connectivity index (χ4v) is 3.92. The van der Waals surface area contributed by atoms with Crippen LogP contribution in [0.5, 0.6) is 0 Å². The lowest BCUT2D eigenvalue weighted by atomic mass is 9.83. The molecule has 0 aliphatic carbocycles. The summed E-state index contributed by atoms with van der Waals surface area (Å²) in [5.41, 5.74) is 0. The van der Waals surface area contributed by atoms with Crippen LogP contribution in [0.1, 0.15) is 137 Å². The molecule has 23 heavy (non-hydrogen) atoms. The van der Waals surface area contributed by atoms with E-state index in [-0.39, 0.29) is 0 Å². The molecule has 0 spiro atoms. The van der Waals surface area contributed by atoms with Gasteiger partial charge in [0, 0.05) is 0 Å². The van der Waals surface area contributed by atoms with Gasteiger partial charge in [-0.15, -0.1) is 0 Å². The molecule has 0 saturated heterocycles. The van der Waals surface area contributed by atoms with Crippen molar-refractivity contribution in [2.45, 2.75) is 137 Å². The van der Waals surface area contributed by atoms with Gasteiger partial charge in [-0.05, 0) is 18.3 Å². The van der Waals surface area contributed by atoms with Crippen LogP contribution >= 0.6 is 0 Å². The molecule has 0 fully saturated rings. The minimum atomic E-state index is 1.01. The Balaban J connectivity index is 4.04. The molecule has 0 N–H and O–H groups in total. The van der Waals surface area contributed by atoms with Gasteiger partial charge in [-0.2, -0.15) is 0 Å². The standard InChI is InChI=1S/C23H48/c1-5-9-12-14-17-18-22(8-4)21-23(19-15-11-7-3)20-16-13-10-6-2/h22-23H,5-21H2,1-4H3. The summed E-state index contributed by atoms with van der Waals surface area (Å²) in [6.45, 7) is 9.40. The van der Waals surface area contributed by atoms with Crippen molar-refractivity contribution in [3.8, 4) is 0 Å². The normalized spacial score (nSPS) is 14.1. The quantitative estimate of drug-likeness (QED) is 0.221. The molecular formula is C23H48. The predicted molar refractivity (Wildman–Crippen MR) is 108 cm³/mol. The van der Waals surface area contributed by atoms with Gasteiger partial charge >= 0.3 is 0 Å². The highest BCUT2D eigenvalue weighted by molar-refractivity contribution is 4.67. The van der Waals surface area contributed by atoms with Crippen molar-refractivity contribution in [2.24, 2.45) is 11.8 Å². The summed E-state index contributed by atoms with van der Waals surface area (Å²) in [5.74, 6) is 2.04. The Hall–Kier alpha value is 0. The van der Waals surface area contributed by atoms with Gasteiger partial charge in [0.2, 0.25) is 0 Å². The smallest absolute Gasteiger partial charge is 0.0412 e. The molecule has 0 amide bonds. The van der Waals surface area contributed by atoms with Crippen LogP contribution in [0.25, 0.3) is 0 Å². The molecule has 0 aromatic heterocycles. The second kappa shape index (κ2) is 18.3. The first-order valence-corrected chi connectivity index (χ1v) is 11.3. The van der Waals surface area contributed by atoms with Gasteiger partial charge in [0.1, 0.15) is 0 Å². The molecule has 0 aromatic rings. The van der Waals surface area contributed by atoms with E-state index in [1.54, 1.807) is 0 Å². The van der Waals surface area contributed by atoms with Crippen molar-refractivity contribution in [3.05, 3.63) is 0 Å². The fourth-order valence-electron chi connectivity index (χ4n) is 3.92. The Morgan fingerprint density at radius 2 is 0.826 bits per heavy atom. The van der Waals surface area contributed by atoms with Gasteiger partial charge in [0.05, 0.1) is 0 Å². The molecule has 2 atom stereocenters. The Morgan fingerprint density at radius 1 is 0.435 bits per heavy atom. The van der Waals surface area contributed by atoms with E-state index in [1.165, 1.54) is 109 Å². The van der Waals surface area contributed by atoms with Crippen LogP contribution in [0.2, 0.25) is 0 Å². The summed E-state index contributed by atoms with van der Waals surface area (Å²) >= 11 is 0. The molecule has 0 aliphatic rings. The highest BCUT2D eigenvalue weighted by Gasteiger charge is 2.15. The fraction of sp³-hybridized carbons (Fsp3) is 1.00. The van der Waals surface area contributed by atoms with Gasteiger partial charge in [-0.25, -0.2) is 0 Å². The van der Waals surface area contributed by atoms with Crippen molar-refractivity contribution in [1.29, 1.82) is 0 Å². The van der Waals surface area contributed by atoms with Crippen LogP contribution in [-0.2, 0) is 0 Å². The second-order valence-electron chi connectivity index (χ2n) is 7.92. The maximum absolute atomic E-state index is 2.43. The van der Waals surface area contributed by atoms with Crippen molar-refractivity contribution >= 4 is 0 Å². The van der Waals surface area contributed by atoms with Crippen LogP contribution in [0.15, 0.2) is 0 Å². The molecule has 2 unspecified atom stereocenters. The molecule has 0 radical (unpaired) electrons. The lowest BCUT2D eigenvalue weighted by Crippen LogP contribution is -2.09. The number of rotatable bonds is 18. The zero-order chi connectivity index (χ0) is 17.2. The monoisotopic (exact) mass is 324 g/mol. The van der Waals surface area contributed by atoms with E-state index in [2.05, 4.69) is 27.7 Å². The SMILES string of the molecule is CCCCCCCC(CC)CC(CCCCC)CCCCCC. The second-order valence-corrected chi connectivity index (χ2v) is 7.92. The van der Waals surface area contributed by atoms with E-state index in [0.717, 1.165) is 11.8 Å². The average molecular weight is 325 g/mol. The van der Waals surface area contributed by atoms with Crippen molar-refractivity contribution < 1.29 is 0 Å². The summed E-state index contributed by atoms with van der Waals surface area (Å²) in [6.07, 6.45) is 24.7. The van der Waals surface area contributed by atoms with E-state index < -0.39 is 0 Å². The highest BCUT2D eigenvalue weighted by Crippen LogP contribution is 2.29. The van der Waals surface area contributed by atoms with Gasteiger partial charge in [0.25, 0.3) is 0 Å². The minimum absolute atomic E-state index is 1.01. The van der Waals surface area contributed by atoms with E-state index >= 15 is 0 Å². The maximum atomic E-state index is 2.43. The summed E-state index contributed by atoms with van der Waals surface area (Å²) in [6, 6.07) is 0. The number of unbranched alkanes of at least 4 members (excludes halogenated alkanes) is 9. The Labute approximate surface area is 149 Å². The number of hydrogen-bond acceptors (Lipinski definition) is 0. The first-order valence-electron chi connectivity index (χ1n) is 11.3. The van der Waals surface area contributed by atoms with Crippen LogP contribution in [-0.4, -0.2) is 0 Å². The molecule has 0 nitrogen and oxygen atoms in total. The molecule has 0 bridgehead atoms. The van der Waals surface area contributed by atoms with Crippen LogP contribution in [0.4, 0.5) is 0 Å². The molecule has 0 rings (SSSR count). The van der Waals surface area contributed by atoms with Crippen LogP contribution in [0.3, 0.4) is 0 Å². The summed E-state index contributed by atoms with van der Waals surface area (Å²) in [7, 11) is 0. The first-order chi connectivity index (χ1) is 11.3. The van der Waals surface area contributed by atoms with Crippen molar-refractivity contribution in [2.75, 3.05) is 0 Å². The summed E-state index contributed by atoms with van der Waals surface area (Å²) in [4.78, 5) is 0. The van der Waals surface area contributed by atoms with E-state index in [0.29, 0.717) is 0 Å². The summed E-state index contributed by atoms with van der Waals surface area (Å²) in [5, 5.41) is 0. The van der Waals surface area contributed by atoms with Gasteiger partial charge in [0.15, 0.2) is 0 Å². The third kappa shape index (κ3) is 15.3. The predicted octanol–water partition coefficient (Wildman–Crippen LogP) is 8.93. The lowest BCUT2D eigenvalue weighted by molar-refractivity contribution is 0.294. The third-order valence-corrected chi connectivity index (χ3v) is 5.64. The van der Waals surface area contributed by atoms with E-state index in [1.807, 2.05) is 0 Å².